The van der Waals surface area contributed by atoms with E-state index in [1.807, 2.05) is 13.0 Å². The molecule has 9 heteroatoms. The van der Waals surface area contributed by atoms with Crippen molar-refractivity contribution in [3.8, 4) is 17.2 Å². The minimum atomic E-state index is -0.692. The van der Waals surface area contributed by atoms with Crippen molar-refractivity contribution in [2.24, 2.45) is 0 Å². The maximum Gasteiger partial charge on any atom is 0.316 e. The van der Waals surface area contributed by atoms with Gasteiger partial charge in [0.1, 0.15) is 24.8 Å². The van der Waals surface area contributed by atoms with Crippen LogP contribution >= 0.6 is 0 Å². The average Bonchev–Trinajstić information content (AvgIpc) is 2.69. The molecule has 0 spiro atoms. The van der Waals surface area contributed by atoms with Crippen LogP contribution in [0.4, 0.5) is 20.4 Å². The number of aromatic nitrogens is 2. The molecule has 0 unspecified atom stereocenters. The summed E-state index contributed by atoms with van der Waals surface area (Å²) in [5.41, 5.74) is 1.28. The van der Waals surface area contributed by atoms with Crippen molar-refractivity contribution in [1.29, 1.82) is 0 Å². The van der Waals surface area contributed by atoms with Crippen molar-refractivity contribution >= 4 is 11.6 Å². The van der Waals surface area contributed by atoms with Crippen LogP contribution in [0, 0.1) is 18.6 Å². The molecule has 0 radical (unpaired) electrons. The number of rotatable bonds is 5. The number of fused-ring (bicyclic) bond motifs is 1. The van der Waals surface area contributed by atoms with Crippen LogP contribution in [-0.2, 0) is 6.54 Å². The number of nitrogens with one attached hydrogen (secondary N) is 1. The van der Waals surface area contributed by atoms with E-state index in [9.17, 15) is 13.6 Å². The molecule has 4 rings (SSSR count). The Labute approximate surface area is 170 Å². The van der Waals surface area contributed by atoms with E-state index in [-0.39, 0.29) is 18.2 Å². The van der Waals surface area contributed by atoms with Crippen molar-refractivity contribution in [3.05, 3.63) is 69.6 Å². The molecule has 30 heavy (non-hydrogen) atoms. The second-order valence-corrected chi connectivity index (χ2v) is 6.78. The monoisotopic (exact) mass is 415 g/mol. The predicted molar refractivity (Wildman–Crippen MR) is 106 cm³/mol. The van der Waals surface area contributed by atoms with Crippen LogP contribution in [0.1, 0.15) is 11.1 Å². The summed E-state index contributed by atoms with van der Waals surface area (Å²) in [4.78, 5) is 16.3. The molecule has 0 saturated carbocycles. The van der Waals surface area contributed by atoms with E-state index in [1.54, 1.807) is 10.6 Å². The Morgan fingerprint density at radius 3 is 2.43 bits per heavy atom. The number of methoxy groups -OCH3 is 1. The largest absolute Gasteiger partial charge is 0.490 e. The van der Waals surface area contributed by atoms with Gasteiger partial charge in [-0.05, 0) is 36.2 Å². The van der Waals surface area contributed by atoms with E-state index >= 15 is 0 Å². The summed E-state index contributed by atoms with van der Waals surface area (Å²) < 4.78 is 45.0. The second kappa shape index (κ2) is 8.02. The van der Waals surface area contributed by atoms with Crippen LogP contribution in [0.3, 0.4) is 0 Å². The number of nitrogens with zero attached hydrogens (tertiary/aromatic N) is 2. The second-order valence-electron chi connectivity index (χ2n) is 6.78. The number of benzene rings is 2. The fourth-order valence-corrected chi connectivity index (χ4v) is 3.18. The molecule has 1 aromatic heterocycles. The maximum atomic E-state index is 13.6. The molecular formula is C21H19F2N3O4. The molecule has 0 saturated heterocycles. The molecule has 0 aliphatic carbocycles. The van der Waals surface area contributed by atoms with Crippen molar-refractivity contribution < 1.29 is 23.0 Å². The Kier molecular flexibility index (Phi) is 5.26. The Bertz CT molecular complexity index is 1140. The fourth-order valence-electron chi connectivity index (χ4n) is 3.18. The number of ether oxygens (including phenoxy) is 3. The summed E-state index contributed by atoms with van der Waals surface area (Å²) in [6.45, 7) is 2.84. The van der Waals surface area contributed by atoms with Crippen LogP contribution in [0.5, 0.6) is 17.2 Å². The SMILES string of the molecule is COc1cn(Cc2cc(F)cc(F)c2)c(Nc2cc3c(cc2C)OCCO3)nc1=O. The van der Waals surface area contributed by atoms with Gasteiger partial charge in [0.25, 0.3) is 0 Å². The molecule has 0 amide bonds. The summed E-state index contributed by atoms with van der Waals surface area (Å²) >= 11 is 0. The normalized spacial score (nSPS) is 12.5. The molecule has 2 heterocycles. The lowest BCUT2D eigenvalue weighted by atomic mass is 10.1. The number of halogens is 2. The zero-order valence-corrected chi connectivity index (χ0v) is 16.4. The van der Waals surface area contributed by atoms with E-state index in [2.05, 4.69) is 10.3 Å². The Morgan fingerprint density at radius 2 is 1.77 bits per heavy atom. The zero-order valence-electron chi connectivity index (χ0n) is 16.4. The van der Waals surface area contributed by atoms with Gasteiger partial charge in [-0.15, -0.1) is 0 Å². The molecule has 1 N–H and O–H groups in total. The van der Waals surface area contributed by atoms with E-state index in [1.165, 1.54) is 25.4 Å². The first-order valence-electron chi connectivity index (χ1n) is 9.20. The lowest BCUT2D eigenvalue weighted by molar-refractivity contribution is 0.171. The van der Waals surface area contributed by atoms with E-state index in [0.29, 0.717) is 36.0 Å². The van der Waals surface area contributed by atoms with Crippen LogP contribution < -0.4 is 25.1 Å². The Balaban J connectivity index is 1.74. The van der Waals surface area contributed by atoms with Gasteiger partial charge in [0.2, 0.25) is 11.7 Å². The van der Waals surface area contributed by atoms with Gasteiger partial charge >= 0.3 is 5.56 Å². The van der Waals surface area contributed by atoms with Gasteiger partial charge in [-0.25, -0.2) is 8.78 Å². The van der Waals surface area contributed by atoms with E-state index in [0.717, 1.165) is 11.6 Å². The molecule has 0 bridgehead atoms. The van der Waals surface area contributed by atoms with Crippen molar-refractivity contribution in [2.75, 3.05) is 25.6 Å². The first-order valence-corrected chi connectivity index (χ1v) is 9.20. The highest BCUT2D eigenvalue weighted by Gasteiger charge is 2.17. The predicted octanol–water partition coefficient (Wildman–Crippen LogP) is 3.40. The molecule has 3 aromatic rings. The molecule has 7 nitrogen and oxygen atoms in total. The molecular weight excluding hydrogens is 396 g/mol. The Morgan fingerprint density at radius 1 is 1.10 bits per heavy atom. The maximum absolute atomic E-state index is 13.6. The van der Waals surface area contributed by atoms with Gasteiger partial charge in [-0.2, -0.15) is 4.98 Å². The van der Waals surface area contributed by atoms with Crippen molar-refractivity contribution in [3.63, 3.8) is 0 Å². The van der Waals surface area contributed by atoms with Crippen molar-refractivity contribution in [2.45, 2.75) is 13.5 Å². The topological polar surface area (TPSA) is 74.6 Å². The van der Waals surface area contributed by atoms with Crippen LogP contribution in [0.2, 0.25) is 0 Å². The van der Waals surface area contributed by atoms with Crippen LogP contribution in [0.15, 0.2) is 41.3 Å². The molecule has 0 atom stereocenters. The van der Waals surface area contributed by atoms with Gasteiger partial charge in [0, 0.05) is 17.8 Å². The lowest BCUT2D eigenvalue weighted by Crippen LogP contribution is -2.19. The zero-order chi connectivity index (χ0) is 21.3. The molecule has 1 aliphatic heterocycles. The summed E-state index contributed by atoms with van der Waals surface area (Å²) in [6, 6.07) is 6.81. The third-order valence-corrected chi connectivity index (χ3v) is 4.59. The van der Waals surface area contributed by atoms with E-state index in [4.69, 9.17) is 14.2 Å². The molecule has 2 aromatic carbocycles. The standard InChI is InChI=1S/C21H19F2N3O4/c1-12-5-17-18(30-4-3-29-17)9-16(12)24-21-25-20(27)19(28-2)11-26(21)10-13-6-14(22)8-15(23)7-13/h5-9,11H,3-4,10H2,1-2H3,(H,24,25,27). The van der Waals surface area contributed by atoms with Gasteiger partial charge in [0.05, 0.1) is 19.9 Å². The van der Waals surface area contributed by atoms with Crippen LogP contribution in [-0.4, -0.2) is 29.9 Å². The summed E-state index contributed by atoms with van der Waals surface area (Å²) in [5, 5.41) is 3.11. The highest BCUT2D eigenvalue weighted by molar-refractivity contribution is 5.65. The lowest BCUT2D eigenvalue weighted by Gasteiger charge is -2.21. The third kappa shape index (κ3) is 4.05. The van der Waals surface area contributed by atoms with Gasteiger partial charge in [-0.3, -0.25) is 4.79 Å². The fraction of sp³-hybridized carbons (Fsp3) is 0.238. The first-order chi connectivity index (χ1) is 14.4. The van der Waals surface area contributed by atoms with Crippen molar-refractivity contribution in [1.82, 2.24) is 9.55 Å². The number of anilines is 2. The summed E-state index contributed by atoms with van der Waals surface area (Å²) in [6.07, 6.45) is 1.44. The Hall–Kier alpha value is -3.62. The molecule has 1 aliphatic rings. The minimum absolute atomic E-state index is 0.0105. The van der Waals surface area contributed by atoms with Gasteiger partial charge < -0.3 is 24.1 Å². The molecule has 156 valence electrons. The van der Waals surface area contributed by atoms with Gasteiger partial charge in [-0.1, -0.05) is 0 Å². The number of hydrogen-bond donors (Lipinski definition) is 1. The first kappa shape index (κ1) is 19.7. The number of aryl methyl sites for hydroxylation is 1. The van der Waals surface area contributed by atoms with E-state index < -0.39 is 17.2 Å². The smallest absolute Gasteiger partial charge is 0.316 e. The van der Waals surface area contributed by atoms with Gasteiger partial charge in [0.15, 0.2) is 11.5 Å². The minimum Gasteiger partial charge on any atom is -0.490 e. The highest BCUT2D eigenvalue weighted by Crippen LogP contribution is 2.36. The number of hydrogen-bond acceptors (Lipinski definition) is 6. The quantitative estimate of drug-likeness (QED) is 0.689. The summed E-state index contributed by atoms with van der Waals surface area (Å²) in [5.74, 6) is 0.0245. The molecule has 0 fully saturated rings. The highest BCUT2D eigenvalue weighted by atomic mass is 19.1. The third-order valence-electron chi connectivity index (χ3n) is 4.59. The summed E-state index contributed by atoms with van der Waals surface area (Å²) in [7, 11) is 1.35. The van der Waals surface area contributed by atoms with Crippen LogP contribution in [0.25, 0.3) is 0 Å². The average molecular weight is 415 g/mol.